The monoisotopic (exact) mass is 584 g/mol. The van der Waals surface area contributed by atoms with Crippen LogP contribution in [0.5, 0.6) is 11.5 Å². The molecule has 1 heterocycles. The molecule has 0 saturated heterocycles. The van der Waals surface area contributed by atoms with Gasteiger partial charge in [0, 0.05) is 29.4 Å². The van der Waals surface area contributed by atoms with Gasteiger partial charge in [-0.3, -0.25) is 4.90 Å². The van der Waals surface area contributed by atoms with Crippen molar-refractivity contribution in [1.82, 2.24) is 15.0 Å². The smallest absolute Gasteiger partial charge is 0.326 e. The summed E-state index contributed by atoms with van der Waals surface area (Å²) in [4.78, 5) is 29.5. The molecule has 11 nitrogen and oxygen atoms in total. The number of urea groups is 1. The topological polar surface area (TPSA) is 131 Å². The maximum Gasteiger partial charge on any atom is 0.326 e. The molecule has 212 valence electrons. The second kappa shape index (κ2) is 13.4. The molecule has 13 heteroatoms. The molecule has 0 bridgehead atoms. The Bertz CT molecular complexity index is 1340. The molecule has 1 aliphatic rings. The van der Waals surface area contributed by atoms with E-state index in [9.17, 15) is 4.79 Å². The lowest BCUT2D eigenvalue weighted by atomic mass is 9.96. The molecule has 2 aromatic carbocycles. The number of ether oxygens (including phenoxy) is 2. The number of anilines is 5. The van der Waals surface area contributed by atoms with Crippen LogP contribution in [0.25, 0.3) is 0 Å². The van der Waals surface area contributed by atoms with Gasteiger partial charge in [0.2, 0.25) is 17.8 Å². The summed E-state index contributed by atoms with van der Waals surface area (Å²) in [6.45, 7) is 2.36. The zero-order valence-corrected chi connectivity index (χ0v) is 24.3. The second-order valence-electron chi connectivity index (χ2n) is 9.13. The van der Waals surface area contributed by atoms with Gasteiger partial charge >= 0.3 is 6.03 Å². The van der Waals surface area contributed by atoms with E-state index in [1.54, 1.807) is 55.5 Å². The minimum Gasteiger partial charge on any atom is -0.493 e. The lowest BCUT2D eigenvalue weighted by Crippen LogP contribution is -2.38. The lowest BCUT2D eigenvalue weighted by Gasteiger charge is -2.27. The number of hydrogen-bond donors (Lipinski definition) is 3. The molecule has 40 heavy (non-hydrogen) atoms. The number of nitrogens with two attached hydrogens (primary N) is 1. The molecule has 4 rings (SSSR count). The summed E-state index contributed by atoms with van der Waals surface area (Å²) in [5.41, 5.74) is 6.96. The Labute approximate surface area is 244 Å². The van der Waals surface area contributed by atoms with Gasteiger partial charge in [-0.05, 0) is 68.4 Å². The highest BCUT2D eigenvalue weighted by atomic mass is 35.5. The van der Waals surface area contributed by atoms with E-state index in [2.05, 4.69) is 20.6 Å². The highest BCUT2D eigenvalue weighted by molar-refractivity contribution is 7.80. The van der Waals surface area contributed by atoms with Crippen molar-refractivity contribution in [2.75, 3.05) is 41.2 Å². The number of nitrogens with one attached hydrogen (secondary N) is 2. The Morgan fingerprint density at radius 1 is 1.02 bits per heavy atom. The molecule has 0 atom stereocenters. The van der Waals surface area contributed by atoms with Crippen LogP contribution >= 0.6 is 23.8 Å². The van der Waals surface area contributed by atoms with Crippen LogP contribution < -0.4 is 35.6 Å². The van der Waals surface area contributed by atoms with Crippen LogP contribution in [-0.2, 0) is 0 Å². The van der Waals surface area contributed by atoms with Crippen LogP contribution in [-0.4, -0.2) is 52.9 Å². The molecule has 0 aliphatic heterocycles. The molecule has 1 fully saturated rings. The van der Waals surface area contributed by atoms with Gasteiger partial charge in [0.05, 0.1) is 19.9 Å². The Balaban J connectivity index is 1.71. The molecular weight excluding hydrogens is 552 g/mol. The predicted molar refractivity (Wildman–Crippen MR) is 162 cm³/mol. The van der Waals surface area contributed by atoms with Crippen molar-refractivity contribution < 1.29 is 14.3 Å². The Morgan fingerprint density at radius 2 is 1.70 bits per heavy atom. The summed E-state index contributed by atoms with van der Waals surface area (Å²) < 4.78 is 10.7. The van der Waals surface area contributed by atoms with Gasteiger partial charge in [0.1, 0.15) is 0 Å². The fourth-order valence-electron chi connectivity index (χ4n) is 4.48. The van der Waals surface area contributed by atoms with Crippen LogP contribution in [0.2, 0.25) is 5.02 Å². The van der Waals surface area contributed by atoms with Crippen molar-refractivity contribution in [1.29, 1.82) is 0 Å². The molecule has 2 amide bonds. The van der Waals surface area contributed by atoms with Crippen molar-refractivity contribution in [3.8, 4) is 11.5 Å². The molecular formula is C27H33ClN8O3S. The van der Waals surface area contributed by atoms with E-state index < -0.39 is 6.03 Å². The normalized spacial score (nSPS) is 13.3. The van der Waals surface area contributed by atoms with Gasteiger partial charge in [0.25, 0.3) is 0 Å². The highest BCUT2D eigenvalue weighted by Crippen LogP contribution is 2.31. The number of aromatic nitrogens is 3. The molecule has 1 aliphatic carbocycles. The zero-order chi connectivity index (χ0) is 28.6. The minimum absolute atomic E-state index is 0.0606. The molecule has 0 spiro atoms. The average Bonchev–Trinajstić information content (AvgIpc) is 2.95. The van der Waals surface area contributed by atoms with Crippen LogP contribution in [0.4, 0.5) is 34.0 Å². The standard InChI is InChI=1S/C27H33ClN8O3S/c1-4-35(27(40)31-19-12-15-21(38-2)22(16-19)39-3)25-32-24(30-18-8-6-5-7-9-18)33-26(34-25)36(23(29)37)20-13-10-17(28)11-14-20/h10-16,18H,4-9H2,1-3H3,(H2,29,37)(H,31,40)(H,30,32,33,34). The summed E-state index contributed by atoms with van der Waals surface area (Å²) in [6, 6.07) is 11.5. The zero-order valence-electron chi connectivity index (χ0n) is 22.7. The van der Waals surface area contributed by atoms with Crippen molar-refractivity contribution in [3.05, 3.63) is 47.5 Å². The number of carbonyl (C=O) groups is 1. The number of thiocarbonyl (C=S) groups is 1. The molecule has 0 unspecified atom stereocenters. The third kappa shape index (κ3) is 6.99. The largest absolute Gasteiger partial charge is 0.493 e. The van der Waals surface area contributed by atoms with E-state index in [0.717, 1.165) is 25.7 Å². The Kier molecular flexibility index (Phi) is 9.78. The fourth-order valence-corrected chi connectivity index (χ4v) is 4.94. The molecule has 1 saturated carbocycles. The first kappa shape index (κ1) is 29.1. The number of methoxy groups -OCH3 is 2. The number of carbonyl (C=O) groups excluding carboxylic acids is 1. The Morgan fingerprint density at radius 3 is 2.33 bits per heavy atom. The SMILES string of the molecule is CCN(C(=S)Nc1ccc(OC)c(OC)c1)c1nc(NC2CCCCC2)nc(N(C(N)=O)c2ccc(Cl)cc2)n1. The quantitative estimate of drug-likeness (QED) is 0.268. The second-order valence-corrected chi connectivity index (χ2v) is 9.96. The summed E-state index contributed by atoms with van der Waals surface area (Å²) in [5, 5.41) is 7.50. The molecule has 0 radical (unpaired) electrons. The summed E-state index contributed by atoms with van der Waals surface area (Å²) in [5.74, 6) is 1.80. The number of primary amides is 1. The van der Waals surface area contributed by atoms with Crippen molar-refractivity contribution >= 4 is 64.2 Å². The number of rotatable bonds is 9. The van der Waals surface area contributed by atoms with Crippen LogP contribution in [0.1, 0.15) is 39.0 Å². The number of amides is 2. The third-order valence-corrected chi connectivity index (χ3v) is 7.07. The van der Waals surface area contributed by atoms with Gasteiger partial charge in [0.15, 0.2) is 16.6 Å². The van der Waals surface area contributed by atoms with E-state index in [-0.39, 0.29) is 17.9 Å². The van der Waals surface area contributed by atoms with E-state index in [0.29, 0.717) is 45.5 Å². The van der Waals surface area contributed by atoms with E-state index >= 15 is 0 Å². The Hall–Kier alpha value is -3.90. The molecule has 1 aromatic heterocycles. The average molecular weight is 585 g/mol. The number of hydrogen-bond acceptors (Lipinski definition) is 8. The van der Waals surface area contributed by atoms with Gasteiger partial charge in [-0.2, -0.15) is 15.0 Å². The highest BCUT2D eigenvalue weighted by Gasteiger charge is 2.25. The minimum atomic E-state index is -0.753. The van der Waals surface area contributed by atoms with Gasteiger partial charge in [-0.15, -0.1) is 0 Å². The number of nitrogens with zero attached hydrogens (tertiary/aromatic N) is 5. The van der Waals surface area contributed by atoms with E-state index in [1.165, 1.54) is 11.3 Å². The van der Waals surface area contributed by atoms with Gasteiger partial charge in [-0.1, -0.05) is 30.9 Å². The van der Waals surface area contributed by atoms with E-state index in [4.69, 9.17) is 44.0 Å². The molecule has 4 N–H and O–H groups in total. The van der Waals surface area contributed by atoms with Crippen LogP contribution in [0.3, 0.4) is 0 Å². The van der Waals surface area contributed by atoms with Crippen molar-refractivity contribution in [3.63, 3.8) is 0 Å². The van der Waals surface area contributed by atoms with Crippen molar-refractivity contribution in [2.24, 2.45) is 5.73 Å². The third-order valence-electron chi connectivity index (χ3n) is 6.49. The van der Waals surface area contributed by atoms with Crippen LogP contribution in [0, 0.1) is 0 Å². The van der Waals surface area contributed by atoms with Gasteiger partial charge < -0.3 is 25.8 Å². The predicted octanol–water partition coefficient (Wildman–Crippen LogP) is 5.73. The number of benzene rings is 2. The van der Waals surface area contributed by atoms with Crippen LogP contribution in [0.15, 0.2) is 42.5 Å². The maximum atomic E-state index is 12.6. The first-order valence-electron chi connectivity index (χ1n) is 13.0. The van der Waals surface area contributed by atoms with E-state index in [1.807, 2.05) is 13.0 Å². The van der Waals surface area contributed by atoms with Crippen molar-refractivity contribution in [2.45, 2.75) is 45.1 Å². The molecule has 3 aromatic rings. The summed E-state index contributed by atoms with van der Waals surface area (Å²) in [7, 11) is 3.14. The summed E-state index contributed by atoms with van der Waals surface area (Å²) >= 11 is 11.8. The van der Waals surface area contributed by atoms with Gasteiger partial charge in [-0.25, -0.2) is 9.69 Å². The first-order chi connectivity index (χ1) is 19.3. The summed E-state index contributed by atoms with van der Waals surface area (Å²) in [6.07, 6.45) is 5.47. The lowest BCUT2D eigenvalue weighted by molar-refractivity contribution is 0.256. The first-order valence-corrected chi connectivity index (χ1v) is 13.8. The maximum absolute atomic E-state index is 12.6. The number of halogens is 1. The fraction of sp³-hybridized carbons (Fsp3) is 0.370.